The Bertz CT molecular complexity index is 1660. The van der Waals surface area contributed by atoms with Gasteiger partial charge in [0.1, 0.15) is 22.6 Å². The Kier molecular flexibility index (Phi) is 5.01. The zero-order valence-electron chi connectivity index (χ0n) is 19.6. The van der Waals surface area contributed by atoms with Crippen LogP contribution in [0.2, 0.25) is 0 Å². The van der Waals surface area contributed by atoms with Gasteiger partial charge in [-0.3, -0.25) is 10.1 Å². The van der Waals surface area contributed by atoms with Gasteiger partial charge in [0.25, 0.3) is 0 Å². The summed E-state index contributed by atoms with van der Waals surface area (Å²) < 4.78 is 11.5. The number of nitrogens with one attached hydrogen (secondary N) is 2. The third-order valence-corrected chi connectivity index (χ3v) is 6.89. The molecule has 1 aliphatic rings. The fraction of sp³-hybridized carbons (Fsp3) is 0.214. The van der Waals surface area contributed by atoms with Crippen molar-refractivity contribution in [1.29, 1.82) is 0 Å². The van der Waals surface area contributed by atoms with E-state index in [1.54, 1.807) is 24.9 Å². The minimum atomic E-state index is 0.272. The van der Waals surface area contributed by atoms with Gasteiger partial charge in [-0.2, -0.15) is 5.10 Å². The maximum atomic E-state index is 6.23. The van der Waals surface area contributed by atoms with Crippen LogP contribution in [0.4, 0.5) is 0 Å². The van der Waals surface area contributed by atoms with Crippen LogP contribution in [0.3, 0.4) is 0 Å². The van der Waals surface area contributed by atoms with Crippen LogP contribution < -0.4 is 4.74 Å². The van der Waals surface area contributed by atoms with E-state index < -0.39 is 0 Å². The lowest BCUT2D eigenvalue weighted by atomic mass is 9.98. The molecule has 7 rings (SSSR count). The molecular formula is C28H24N6O2. The molecule has 6 heterocycles. The van der Waals surface area contributed by atoms with Gasteiger partial charge in [0.05, 0.1) is 41.7 Å². The maximum absolute atomic E-state index is 6.23. The van der Waals surface area contributed by atoms with E-state index in [4.69, 9.17) is 14.1 Å². The number of ether oxygens (including phenoxy) is 1. The van der Waals surface area contributed by atoms with Crippen LogP contribution in [0.25, 0.3) is 55.8 Å². The molecule has 0 saturated heterocycles. The number of nitrogens with zero attached hydrogens (tertiary/aromatic N) is 4. The van der Waals surface area contributed by atoms with Gasteiger partial charge in [-0.05, 0) is 67.6 Å². The summed E-state index contributed by atoms with van der Waals surface area (Å²) in [5.41, 5.74) is 7.79. The monoisotopic (exact) mass is 476 g/mol. The number of H-pyrrole nitrogens is 2. The topological polar surface area (TPSA) is 106 Å². The van der Waals surface area contributed by atoms with E-state index in [1.165, 1.54) is 19.3 Å². The average Bonchev–Trinajstić information content (AvgIpc) is 3.68. The van der Waals surface area contributed by atoms with Crippen molar-refractivity contribution in [2.75, 3.05) is 0 Å². The van der Waals surface area contributed by atoms with E-state index in [-0.39, 0.29) is 6.10 Å². The van der Waals surface area contributed by atoms with Gasteiger partial charge in [-0.25, -0.2) is 9.97 Å². The lowest BCUT2D eigenvalue weighted by Gasteiger charge is -2.22. The quantitative estimate of drug-likeness (QED) is 0.293. The summed E-state index contributed by atoms with van der Waals surface area (Å²) >= 11 is 0. The van der Waals surface area contributed by atoms with Crippen LogP contribution in [-0.2, 0) is 0 Å². The fourth-order valence-electron chi connectivity index (χ4n) is 5.07. The first-order valence-corrected chi connectivity index (χ1v) is 12.3. The summed E-state index contributed by atoms with van der Waals surface area (Å²) in [6.45, 7) is 0. The molecular weight excluding hydrogens is 452 g/mol. The van der Waals surface area contributed by atoms with E-state index in [9.17, 15) is 0 Å². The third kappa shape index (κ3) is 3.71. The molecule has 0 atom stereocenters. The van der Waals surface area contributed by atoms with Crippen molar-refractivity contribution in [1.82, 2.24) is 30.1 Å². The summed E-state index contributed by atoms with van der Waals surface area (Å²) in [6.07, 6.45) is 15.0. The van der Waals surface area contributed by atoms with Gasteiger partial charge in [-0.15, -0.1) is 0 Å². The predicted octanol–water partition coefficient (Wildman–Crippen LogP) is 6.53. The first kappa shape index (κ1) is 20.9. The second-order valence-corrected chi connectivity index (χ2v) is 9.27. The summed E-state index contributed by atoms with van der Waals surface area (Å²) in [5.74, 6) is 0.794. The van der Waals surface area contributed by atoms with Crippen LogP contribution in [0.5, 0.6) is 5.75 Å². The highest BCUT2D eigenvalue weighted by Gasteiger charge is 2.18. The highest BCUT2D eigenvalue weighted by atomic mass is 16.5. The molecule has 0 amide bonds. The Morgan fingerprint density at radius 2 is 1.92 bits per heavy atom. The van der Waals surface area contributed by atoms with E-state index >= 15 is 0 Å². The third-order valence-electron chi connectivity index (χ3n) is 6.89. The fourth-order valence-corrected chi connectivity index (χ4v) is 5.07. The molecule has 8 nitrogen and oxygen atoms in total. The zero-order chi connectivity index (χ0) is 23.9. The molecule has 1 fully saturated rings. The van der Waals surface area contributed by atoms with Crippen LogP contribution >= 0.6 is 0 Å². The van der Waals surface area contributed by atoms with Crippen molar-refractivity contribution in [2.45, 2.75) is 38.2 Å². The Hall–Kier alpha value is -4.46. The number of pyridine rings is 3. The number of hydrogen-bond donors (Lipinski definition) is 2. The molecule has 0 spiro atoms. The first-order chi connectivity index (χ1) is 17.8. The molecule has 1 aliphatic carbocycles. The molecule has 0 unspecified atom stereocenters. The van der Waals surface area contributed by atoms with Gasteiger partial charge in [-0.1, -0.05) is 6.42 Å². The van der Waals surface area contributed by atoms with E-state index in [0.29, 0.717) is 0 Å². The van der Waals surface area contributed by atoms with Gasteiger partial charge in [0.2, 0.25) is 0 Å². The molecule has 1 saturated carbocycles. The Morgan fingerprint density at radius 3 is 2.81 bits per heavy atom. The van der Waals surface area contributed by atoms with Crippen LogP contribution in [0.15, 0.2) is 71.9 Å². The molecule has 8 heteroatoms. The minimum Gasteiger partial charge on any atom is -0.489 e. The minimum absolute atomic E-state index is 0.272. The van der Waals surface area contributed by atoms with Crippen molar-refractivity contribution < 1.29 is 9.15 Å². The normalized spacial score (nSPS) is 14.6. The molecule has 0 bridgehead atoms. The van der Waals surface area contributed by atoms with Crippen LogP contribution in [0, 0.1) is 0 Å². The standard InChI is InChI=1S/C28H24N6O2/c1-2-4-19(5-3-1)36-20-12-18(14-29-15-20)23-6-7-24-26(31-23)27(34-33-24)25-13-22-21(17-9-11-35-16-17)8-10-30-28(22)32-25/h6-16,19H,1-5H2,(H,30,32)(H,33,34). The number of hydrogen-bond acceptors (Lipinski definition) is 6. The molecule has 178 valence electrons. The Morgan fingerprint density at radius 1 is 0.972 bits per heavy atom. The van der Waals surface area contributed by atoms with Crippen molar-refractivity contribution >= 4 is 22.1 Å². The SMILES string of the molecule is c1cc(-c2ccoc2)c2cc(-c3n[nH]c4ccc(-c5cncc(OC6CCCCC6)c5)nc34)[nH]c2n1. The summed E-state index contributed by atoms with van der Waals surface area (Å²) in [4.78, 5) is 17.3. The Balaban J connectivity index is 1.26. The van der Waals surface area contributed by atoms with Crippen molar-refractivity contribution in [3.8, 4) is 39.5 Å². The second-order valence-electron chi connectivity index (χ2n) is 9.27. The first-order valence-electron chi connectivity index (χ1n) is 12.3. The molecule has 6 aromatic heterocycles. The van der Waals surface area contributed by atoms with Crippen molar-refractivity contribution in [3.63, 3.8) is 0 Å². The largest absolute Gasteiger partial charge is 0.489 e. The summed E-state index contributed by atoms with van der Waals surface area (Å²) in [7, 11) is 0. The van der Waals surface area contributed by atoms with Crippen molar-refractivity contribution in [2.24, 2.45) is 0 Å². The van der Waals surface area contributed by atoms with Gasteiger partial charge < -0.3 is 14.1 Å². The lowest BCUT2D eigenvalue weighted by Crippen LogP contribution is -2.19. The second kappa shape index (κ2) is 8.64. The predicted molar refractivity (Wildman–Crippen MR) is 137 cm³/mol. The highest BCUT2D eigenvalue weighted by Crippen LogP contribution is 2.34. The maximum Gasteiger partial charge on any atom is 0.138 e. The van der Waals surface area contributed by atoms with E-state index in [2.05, 4.69) is 31.2 Å². The van der Waals surface area contributed by atoms with Crippen molar-refractivity contribution in [3.05, 3.63) is 67.5 Å². The Labute approximate surface area is 206 Å². The molecule has 36 heavy (non-hydrogen) atoms. The molecule has 0 aromatic carbocycles. The summed E-state index contributed by atoms with van der Waals surface area (Å²) in [6, 6.07) is 12.0. The van der Waals surface area contributed by atoms with Crippen LogP contribution in [0.1, 0.15) is 32.1 Å². The molecule has 0 radical (unpaired) electrons. The molecule has 2 N–H and O–H groups in total. The van der Waals surface area contributed by atoms with Gasteiger partial charge >= 0.3 is 0 Å². The molecule has 0 aliphatic heterocycles. The van der Waals surface area contributed by atoms with Crippen LogP contribution in [-0.4, -0.2) is 36.2 Å². The number of rotatable bonds is 5. The van der Waals surface area contributed by atoms with E-state index in [1.807, 2.05) is 36.5 Å². The highest BCUT2D eigenvalue weighted by molar-refractivity contribution is 5.98. The lowest BCUT2D eigenvalue weighted by molar-refractivity contribution is 0.154. The number of furan rings is 1. The number of fused-ring (bicyclic) bond motifs is 2. The number of aromatic nitrogens is 6. The number of aromatic amines is 2. The zero-order valence-corrected chi connectivity index (χ0v) is 19.6. The molecule has 6 aromatic rings. The van der Waals surface area contributed by atoms with E-state index in [0.717, 1.165) is 74.4 Å². The smallest absolute Gasteiger partial charge is 0.138 e. The van der Waals surface area contributed by atoms with Gasteiger partial charge in [0, 0.05) is 28.9 Å². The average molecular weight is 477 g/mol. The summed E-state index contributed by atoms with van der Waals surface area (Å²) in [5, 5.41) is 8.68. The van der Waals surface area contributed by atoms with Gasteiger partial charge in [0.15, 0.2) is 0 Å².